The average molecular weight is 1070 g/mol. The molecule has 0 aliphatic carbocycles. The molecule has 14 heteroatoms. The van der Waals surface area contributed by atoms with Crippen LogP contribution in [0, 0.1) is 0 Å². The summed E-state index contributed by atoms with van der Waals surface area (Å²) in [7, 11) is 0. The van der Waals surface area contributed by atoms with Crippen molar-refractivity contribution in [3.63, 3.8) is 0 Å². The number of ether oxygens (including phenoxy) is 4. The van der Waals surface area contributed by atoms with Gasteiger partial charge in [-0.1, -0.05) is 264 Å². The molecule has 0 aromatic heterocycles. The van der Waals surface area contributed by atoms with Gasteiger partial charge in [0.15, 0.2) is 12.6 Å². The van der Waals surface area contributed by atoms with Crippen LogP contribution in [0.15, 0.2) is 12.2 Å². The monoisotopic (exact) mass is 1070 g/mol. The van der Waals surface area contributed by atoms with Gasteiger partial charge < -0.3 is 65.1 Å². The van der Waals surface area contributed by atoms with Gasteiger partial charge in [-0.2, -0.15) is 0 Å². The van der Waals surface area contributed by atoms with Crippen molar-refractivity contribution in [2.24, 2.45) is 0 Å². The number of hydrogen-bond donors (Lipinski definition) is 9. The number of rotatable bonds is 51. The largest absolute Gasteiger partial charge is 0.394 e. The quantitative estimate of drug-likeness (QED) is 0.0204. The van der Waals surface area contributed by atoms with Crippen LogP contribution in [-0.2, 0) is 23.7 Å². The van der Waals surface area contributed by atoms with Gasteiger partial charge in [0.25, 0.3) is 0 Å². The molecule has 75 heavy (non-hydrogen) atoms. The highest BCUT2D eigenvalue weighted by molar-refractivity contribution is 5.76. The molecular formula is C61H117NO13. The van der Waals surface area contributed by atoms with Gasteiger partial charge in [-0.3, -0.25) is 4.79 Å². The molecule has 0 bridgehead atoms. The van der Waals surface area contributed by atoms with Crippen molar-refractivity contribution in [1.29, 1.82) is 0 Å². The van der Waals surface area contributed by atoms with Crippen molar-refractivity contribution in [1.82, 2.24) is 5.32 Å². The lowest BCUT2D eigenvalue weighted by molar-refractivity contribution is -0.359. The van der Waals surface area contributed by atoms with Crippen molar-refractivity contribution in [3.05, 3.63) is 12.2 Å². The molecule has 9 N–H and O–H groups in total. The zero-order valence-electron chi connectivity index (χ0n) is 47.8. The van der Waals surface area contributed by atoms with Gasteiger partial charge >= 0.3 is 0 Å². The van der Waals surface area contributed by atoms with Crippen LogP contribution < -0.4 is 5.32 Å². The molecule has 0 aromatic carbocycles. The van der Waals surface area contributed by atoms with E-state index in [9.17, 15) is 45.6 Å². The molecule has 0 saturated carbocycles. The normalized spacial score (nSPS) is 25.0. The first-order valence-electron chi connectivity index (χ1n) is 31.4. The van der Waals surface area contributed by atoms with Crippen molar-refractivity contribution in [2.75, 3.05) is 19.8 Å². The zero-order chi connectivity index (χ0) is 54.6. The van der Waals surface area contributed by atoms with Crippen LogP contribution in [0.3, 0.4) is 0 Å². The molecule has 14 nitrogen and oxygen atoms in total. The van der Waals surface area contributed by atoms with Gasteiger partial charge in [0, 0.05) is 6.42 Å². The van der Waals surface area contributed by atoms with Gasteiger partial charge in [0.05, 0.1) is 32.0 Å². The highest BCUT2D eigenvalue weighted by atomic mass is 16.7. The summed E-state index contributed by atoms with van der Waals surface area (Å²) in [6.07, 6.45) is 38.3. The molecule has 0 radical (unpaired) electrons. The maximum Gasteiger partial charge on any atom is 0.220 e. The highest BCUT2D eigenvalue weighted by Crippen LogP contribution is 2.30. The predicted octanol–water partition coefficient (Wildman–Crippen LogP) is 11.1. The van der Waals surface area contributed by atoms with Gasteiger partial charge in [-0.15, -0.1) is 0 Å². The van der Waals surface area contributed by atoms with E-state index in [1.807, 2.05) is 6.08 Å². The lowest BCUT2D eigenvalue weighted by Crippen LogP contribution is -2.65. The summed E-state index contributed by atoms with van der Waals surface area (Å²) in [5.41, 5.74) is 0. The minimum atomic E-state index is -1.79. The van der Waals surface area contributed by atoms with Gasteiger partial charge in [-0.05, 0) is 19.3 Å². The lowest BCUT2D eigenvalue weighted by atomic mass is 9.97. The summed E-state index contributed by atoms with van der Waals surface area (Å²) in [4.78, 5) is 13.3. The van der Waals surface area contributed by atoms with Crippen LogP contribution in [0.5, 0.6) is 0 Å². The Morgan fingerprint density at radius 2 is 0.827 bits per heavy atom. The Balaban J connectivity index is 1.71. The van der Waals surface area contributed by atoms with E-state index in [-0.39, 0.29) is 18.9 Å². The van der Waals surface area contributed by atoms with Gasteiger partial charge in [0.1, 0.15) is 48.8 Å². The number of aliphatic hydroxyl groups is 8. The Morgan fingerprint density at radius 1 is 0.467 bits per heavy atom. The third-order valence-electron chi connectivity index (χ3n) is 15.7. The summed E-state index contributed by atoms with van der Waals surface area (Å²) in [5, 5.41) is 87.1. The number of aliphatic hydroxyl groups excluding tert-OH is 8. The first kappa shape index (κ1) is 69.8. The standard InChI is InChI=1S/C61H117NO13/c1-3-5-7-9-11-13-15-17-19-21-22-23-24-25-26-27-28-29-31-33-35-37-39-41-43-45-53(66)62-49(50(65)44-42-40-38-36-34-32-30-20-18-16-14-12-10-8-6-4-2)48-72-60-58(71)56(69)59(52(47-64)74-60)75-61-57(70)55(68)54(67)51(46-63)73-61/h42,44,49-52,54-61,63-65,67-71H,3-41,43,45-48H2,1-2H3,(H,62,66)/b44-42+. The third kappa shape index (κ3) is 33.2. The zero-order valence-corrected chi connectivity index (χ0v) is 47.8. The molecule has 2 saturated heterocycles. The lowest BCUT2D eigenvalue weighted by Gasteiger charge is -2.46. The van der Waals surface area contributed by atoms with Crippen LogP contribution in [0.1, 0.15) is 277 Å². The predicted molar refractivity (Wildman–Crippen MR) is 300 cm³/mol. The maximum atomic E-state index is 13.3. The molecule has 444 valence electrons. The fourth-order valence-electron chi connectivity index (χ4n) is 10.6. The van der Waals surface area contributed by atoms with Crippen molar-refractivity contribution in [2.45, 2.75) is 351 Å². The number of carbonyl (C=O) groups excluding carboxylic acids is 1. The topological polar surface area (TPSA) is 228 Å². The van der Waals surface area contributed by atoms with E-state index < -0.39 is 86.8 Å². The summed E-state index contributed by atoms with van der Waals surface area (Å²) in [5.74, 6) is -0.233. The molecular weight excluding hydrogens is 955 g/mol. The SMILES string of the molecule is CCCCCCCCCCCCCCCC/C=C/C(O)C(COC1OC(CO)C(OC2OC(CO)C(O)C(O)C2O)C(O)C1O)NC(=O)CCCCCCCCCCCCCCCCCCCCCCCCCCC. The Morgan fingerprint density at radius 3 is 1.23 bits per heavy atom. The molecule has 12 unspecified atom stereocenters. The molecule has 2 aliphatic heterocycles. The number of allylic oxidation sites excluding steroid dienone is 1. The summed E-state index contributed by atoms with van der Waals surface area (Å²) in [6, 6.07) is -0.909. The Kier molecular flexibility index (Phi) is 44.3. The number of unbranched alkanes of at least 4 members (excludes halogenated alkanes) is 38. The average Bonchev–Trinajstić information content (AvgIpc) is 3.41. The van der Waals surface area contributed by atoms with Gasteiger partial charge in [-0.25, -0.2) is 0 Å². The molecule has 2 aliphatic rings. The second kappa shape index (κ2) is 47.5. The second-order valence-electron chi connectivity index (χ2n) is 22.6. The van der Waals surface area contributed by atoms with E-state index in [2.05, 4.69) is 19.2 Å². The fourth-order valence-corrected chi connectivity index (χ4v) is 10.6. The number of hydrogen-bond acceptors (Lipinski definition) is 13. The Labute approximate surface area is 456 Å². The summed E-state index contributed by atoms with van der Waals surface area (Å²) < 4.78 is 22.8. The smallest absolute Gasteiger partial charge is 0.220 e. The van der Waals surface area contributed by atoms with Crippen LogP contribution >= 0.6 is 0 Å². The van der Waals surface area contributed by atoms with E-state index in [0.29, 0.717) is 6.42 Å². The third-order valence-corrected chi connectivity index (χ3v) is 15.7. The minimum absolute atomic E-state index is 0.233. The van der Waals surface area contributed by atoms with Crippen molar-refractivity contribution in [3.8, 4) is 0 Å². The van der Waals surface area contributed by atoms with Crippen molar-refractivity contribution >= 4 is 5.91 Å². The first-order valence-corrected chi connectivity index (χ1v) is 31.4. The molecule has 1 amide bonds. The molecule has 0 spiro atoms. The van der Waals surface area contributed by atoms with E-state index in [0.717, 1.165) is 38.5 Å². The molecule has 2 heterocycles. The number of amides is 1. The fraction of sp³-hybridized carbons (Fsp3) is 0.951. The minimum Gasteiger partial charge on any atom is -0.394 e. The van der Waals surface area contributed by atoms with E-state index >= 15 is 0 Å². The highest BCUT2D eigenvalue weighted by Gasteiger charge is 2.51. The van der Waals surface area contributed by atoms with Gasteiger partial charge in [0.2, 0.25) is 5.91 Å². The molecule has 0 aromatic rings. The second-order valence-corrected chi connectivity index (χ2v) is 22.6. The van der Waals surface area contributed by atoms with E-state index in [1.165, 1.54) is 212 Å². The van der Waals surface area contributed by atoms with E-state index in [1.54, 1.807) is 6.08 Å². The summed E-state index contributed by atoms with van der Waals surface area (Å²) in [6.45, 7) is 2.84. The number of nitrogens with one attached hydrogen (secondary N) is 1. The molecule has 2 rings (SSSR count). The molecule has 2 fully saturated rings. The van der Waals surface area contributed by atoms with Crippen LogP contribution in [0.25, 0.3) is 0 Å². The van der Waals surface area contributed by atoms with Crippen LogP contribution in [-0.4, -0.2) is 140 Å². The Hall–Kier alpha value is -1.27. The molecule has 12 atom stereocenters. The first-order chi connectivity index (χ1) is 36.6. The van der Waals surface area contributed by atoms with Crippen molar-refractivity contribution < 1.29 is 64.6 Å². The Bertz CT molecular complexity index is 1310. The van der Waals surface area contributed by atoms with Crippen LogP contribution in [0.2, 0.25) is 0 Å². The van der Waals surface area contributed by atoms with Crippen LogP contribution in [0.4, 0.5) is 0 Å². The number of carbonyl (C=O) groups is 1. The maximum absolute atomic E-state index is 13.3. The van der Waals surface area contributed by atoms with E-state index in [4.69, 9.17) is 18.9 Å². The summed E-state index contributed by atoms with van der Waals surface area (Å²) >= 11 is 0.